The summed E-state index contributed by atoms with van der Waals surface area (Å²) in [7, 11) is 0. The third kappa shape index (κ3) is 4.83. The molecule has 0 saturated carbocycles. The minimum absolute atomic E-state index is 0.236. The van der Waals surface area contributed by atoms with E-state index >= 15 is 0 Å². The first kappa shape index (κ1) is 17.0. The molecule has 6 heteroatoms. The predicted molar refractivity (Wildman–Crippen MR) is 87.1 cm³/mol. The first-order valence-corrected chi connectivity index (χ1v) is 8.31. The number of rotatable bonds is 9. The molecule has 0 atom stereocenters. The maximum Gasteiger partial charge on any atom is 0.158 e. The first-order chi connectivity index (χ1) is 9.59. The van der Waals surface area contributed by atoms with Crippen LogP contribution in [0.5, 0.6) is 0 Å². The molecule has 0 amide bonds. The van der Waals surface area contributed by atoms with Gasteiger partial charge in [-0.2, -0.15) is 11.8 Å². The summed E-state index contributed by atoms with van der Waals surface area (Å²) < 4.78 is 5.56. The minimum atomic E-state index is 0.236. The molecule has 0 spiro atoms. The van der Waals surface area contributed by atoms with E-state index < -0.39 is 0 Å². The van der Waals surface area contributed by atoms with Crippen molar-refractivity contribution in [3.8, 4) is 0 Å². The van der Waals surface area contributed by atoms with Crippen molar-refractivity contribution in [2.24, 2.45) is 0 Å². The van der Waals surface area contributed by atoms with Gasteiger partial charge >= 0.3 is 0 Å². The molecule has 0 aliphatic rings. The number of anilines is 2. The van der Waals surface area contributed by atoms with Crippen LogP contribution in [0.2, 0.25) is 0 Å². The Hall–Kier alpha value is -1.01. The summed E-state index contributed by atoms with van der Waals surface area (Å²) in [5, 5.41) is 3.39. The van der Waals surface area contributed by atoms with Gasteiger partial charge in [0.25, 0.3) is 0 Å². The lowest BCUT2D eigenvalue weighted by molar-refractivity contribution is 0.128. The third-order valence-corrected chi connectivity index (χ3v) is 5.13. The van der Waals surface area contributed by atoms with Crippen LogP contribution in [0.1, 0.15) is 39.4 Å². The molecule has 0 unspecified atom stereocenters. The number of hydrogen-bond acceptors (Lipinski definition) is 6. The molecule has 0 fully saturated rings. The molecule has 0 aromatic carbocycles. The van der Waals surface area contributed by atoms with E-state index in [9.17, 15) is 0 Å². The molecular weight excluding hydrogens is 272 g/mol. The standard InChI is InChI=1S/C14H26N4OS/c1-5-14(6-2,20-4)10-16-12-8-11(15)17-13(18-12)9-19-7-3/h8H,5-7,9-10H2,1-4H3,(H3,15,16,17,18). The molecule has 1 aromatic heterocycles. The molecule has 3 N–H and O–H groups in total. The fourth-order valence-electron chi connectivity index (χ4n) is 1.98. The van der Waals surface area contributed by atoms with Crippen molar-refractivity contribution in [2.75, 3.05) is 30.5 Å². The zero-order valence-corrected chi connectivity index (χ0v) is 13.7. The Bertz CT molecular complexity index is 402. The largest absolute Gasteiger partial charge is 0.384 e. The monoisotopic (exact) mass is 298 g/mol. The molecule has 114 valence electrons. The lowest BCUT2D eigenvalue weighted by atomic mass is 10.0. The summed E-state index contributed by atoms with van der Waals surface area (Å²) in [5.41, 5.74) is 5.82. The number of hydrogen-bond donors (Lipinski definition) is 2. The van der Waals surface area contributed by atoms with Crippen LogP contribution in [0.3, 0.4) is 0 Å². The van der Waals surface area contributed by atoms with Crippen molar-refractivity contribution >= 4 is 23.4 Å². The SMILES string of the molecule is CCOCc1nc(N)cc(NCC(CC)(CC)SC)n1. The average molecular weight is 298 g/mol. The zero-order valence-electron chi connectivity index (χ0n) is 12.9. The topological polar surface area (TPSA) is 73.1 Å². The van der Waals surface area contributed by atoms with Crippen molar-refractivity contribution in [1.82, 2.24) is 9.97 Å². The van der Waals surface area contributed by atoms with Gasteiger partial charge < -0.3 is 15.8 Å². The number of ether oxygens (including phenoxy) is 1. The van der Waals surface area contributed by atoms with Gasteiger partial charge in [-0.1, -0.05) is 13.8 Å². The highest BCUT2D eigenvalue weighted by Crippen LogP contribution is 2.30. The van der Waals surface area contributed by atoms with Crippen molar-refractivity contribution < 1.29 is 4.74 Å². The van der Waals surface area contributed by atoms with E-state index in [1.54, 1.807) is 6.07 Å². The maximum absolute atomic E-state index is 5.82. The van der Waals surface area contributed by atoms with E-state index in [4.69, 9.17) is 10.5 Å². The fourth-order valence-corrected chi connectivity index (χ4v) is 2.77. The number of nitrogens with two attached hydrogens (primary N) is 1. The Kier molecular flexibility index (Phi) is 7.09. The fraction of sp³-hybridized carbons (Fsp3) is 0.714. The van der Waals surface area contributed by atoms with Crippen LogP contribution < -0.4 is 11.1 Å². The van der Waals surface area contributed by atoms with E-state index in [0.29, 0.717) is 24.9 Å². The summed E-state index contributed by atoms with van der Waals surface area (Å²) in [4.78, 5) is 8.61. The van der Waals surface area contributed by atoms with Crippen molar-refractivity contribution in [3.63, 3.8) is 0 Å². The molecule has 5 nitrogen and oxygen atoms in total. The summed E-state index contributed by atoms with van der Waals surface area (Å²) in [6.07, 6.45) is 4.39. The highest BCUT2D eigenvalue weighted by molar-refractivity contribution is 8.00. The molecular formula is C14H26N4OS. The van der Waals surface area contributed by atoms with E-state index in [1.807, 2.05) is 18.7 Å². The molecule has 1 aromatic rings. The lowest BCUT2D eigenvalue weighted by Crippen LogP contribution is -2.32. The van der Waals surface area contributed by atoms with E-state index in [2.05, 4.69) is 35.4 Å². The number of nitrogen functional groups attached to an aromatic ring is 1. The van der Waals surface area contributed by atoms with Gasteiger partial charge in [0.1, 0.15) is 18.2 Å². The summed E-state index contributed by atoms with van der Waals surface area (Å²) in [5.74, 6) is 1.87. The molecule has 1 heterocycles. The maximum atomic E-state index is 5.82. The van der Waals surface area contributed by atoms with Gasteiger partial charge in [0.15, 0.2) is 5.82 Å². The summed E-state index contributed by atoms with van der Waals surface area (Å²) >= 11 is 1.90. The van der Waals surface area contributed by atoms with Crippen LogP contribution in [0.25, 0.3) is 0 Å². The zero-order chi connectivity index (χ0) is 15.0. The van der Waals surface area contributed by atoms with Gasteiger partial charge in [-0.3, -0.25) is 0 Å². The van der Waals surface area contributed by atoms with Crippen LogP contribution in [-0.4, -0.2) is 34.1 Å². The highest BCUT2D eigenvalue weighted by Gasteiger charge is 2.24. The van der Waals surface area contributed by atoms with Crippen LogP contribution in [0.4, 0.5) is 11.6 Å². The molecule has 0 radical (unpaired) electrons. The van der Waals surface area contributed by atoms with E-state index in [0.717, 1.165) is 25.2 Å². The van der Waals surface area contributed by atoms with Gasteiger partial charge in [-0.25, -0.2) is 9.97 Å². The lowest BCUT2D eigenvalue weighted by Gasteiger charge is -2.30. The van der Waals surface area contributed by atoms with E-state index in [-0.39, 0.29) is 4.75 Å². The average Bonchev–Trinajstić information content (AvgIpc) is 2.47. The van der Waals surface area contributed by atoms with Crippen molar-refractivity contribution in [1.29, 1.82) is 0 Å². The van der Waals surface area contributed by atoms with Crippen LogP contribution >= 0.6 is 11.8 Å². The molecule has 20 heavy (non-hydrogen) atoms. The van der Waals surface area contributed by atoms with E-state index in [1.165, 1.54) is 0 Å². The third-order valence-electron chi connectivity index (χ3n) is 3.54. The Morgan fingerprint density at radius 2 is 2.00 bits per heavy atom. The predicted octanol–water partition coefficient (Wildman–Crippen LogP) is 2.93. The smallest absolute Gasteiger partial charge is 0.158 e. The number of aromatic nitrogens is 2. The van der Waals surface area contributed by atoms with Gasteiger partial charge in [0, 0.05) is 24.0 Å². The summed E-state index contributed by atoms with van der Waals surface area (Å²) in [6.45, 7) is 8.28. The first-order valence-electron chi connectivity index (χ1n) is 7.09. The normalized spacial score (nSPS) is 11.6. The van der Waals surface area contributed by atoms with Gasteiger partial charge in [-0.05, 0) is 26.0 Å². The minimum Gasteiger partial charge on any atom is -0.384 e. The summed E-state index contributed by atoms with van der Waals surface area (Å²) in [6, 6.07) is 1.77. The molecule has 1 rings (SSSR count). The Balaban J connectivity index is 2.74. The molecule has 0 saturated heterocycles. The van der Waals surface area contributed by atoms with Crippen LogP contribution in [0.15, 0.2) is 6.07 Å². The quantitative estimate of drug-likeness (QED) is 0.730. The number of nitrogens with zero attached hydrogens (tertiary/aromatic N) is 2. The van der Waals surface area contributed by atoms with Gasteiger partial charge in [0.2, 0.25) is 0 Å². The van der Waals surface area contributed by atoms with Crippen molar-refractivity contribution in [2.45, 2.75) is 45.0 Å². The van der Waals surface area contributed by atoms with Gasteiger partial charge in [0.05, 0.1) is 0 Å². The second kappa shape index (κ2) is 8.32. The van der Waals surface area contributed by atoms with Crippen LogP contribution in [-0.2, 0) is 11.3 Å². The number of nitrogens with one attached hydrogen (secondary N) is 1. The van der Waals surface area contributed by atoms with Crippen LogP contribution in [0, 0.1) is 0 Å². The molecule has 0 aliphatic heterocycles. The Labute approximate surface area is 126 Å². The highest BCUT2D eigenvalue weighted by atomic mass is 32.2. The second-order valence-electron chi connectivity index (χ2n) is 4.68. The second-order valence-corrected chi connectivity index (χ2v) is 5.95. The number of thioether (sulfide) groups is 1. The molecule has 0 bridgehead atoms. The van der Waals surface area contributed by atoms with Crippen molar-refractivity contribution in [3.05, 3.63) is 11.9 Å². The Morgan fingerprint density at radius 1 is 1.30 bits per heavy atom. The Morgan fingerprint density at radius 3 is 2.55 bits per heavy atom. The van der Waals surface area contributed by atoms with Gasteiger partial charge in [-0.15, -0.1) is 0 Å². The molecule has 0 aliphatic carbocycles.